The Bertz CT molecular complexity index is 686. The van der Waals surface area contributed by atoms with Gasteiger partial charge in [-0.3, -0.25) is 0 Å². The van der Waals surface area contributed by atoms with Crippen molar-refractivity contribution in [2.45, 2.75) is 6.92 Å². The third-order valence-electron chi connectivity index (χ3n) is 2.84. The van der Waals surface area contributed by atoms with E-state index in [0.29, 0.717) is 0 Å². The van der Waals surface area contributed by atoms with Crippen molar-refractivity contribution in [2.24, 2.45) is 0 Å². The van der Waals surface area contributed by atoms with Gasteiger partial charge in [-0.2, -0.15) is 0 Å². The Balaban J connectivity index is 2.22. The van der Waals surface area contributed by atoms with Crippen LogP contribution in [0, 0.1) is 10.5 Å². The quantitative estimate of drug-likeness (QED) is 0.617. The first kappa shape index (κ1) is 10.8. The summed E-state index contributed by atoms with van der Waals surface area (Å²) in [5, 5.41) is 0. The van der Waals surface area contributed by atoms with Crippen LogP contribution in [0.2, 0.25) is 0 Å². The number of benzene rings is 1. The van der Waals surface area contributed by atoms with Crippen molar-refractivity contribution in [3.8, 4) is 11.3 Å². The van der Waals surface area contributed by atoms with Crippen molar-refractivity contribution >= 4 is 28.2 Å². The SMILES string of the molecule is Cc1ccccc1-c1cn2cc(I)ccc2n1. The van der Waals surface area contributed by atoms with Crippen LogP contribution >= 0.6 is 22.6 Å². The van der Waals surface area contributed by atoms with Gasteiger partial charge in [0, 0.05) is 21.5 Å². The summed E-state index contributed by atoms with van der Waals surface area (Å²) in [5.74, 6) is 0. The molecule has 2 nitrogen and oxygen atoms in total. The molecule has 3 aromatic rings. The van der Waals surface area contributed by atoms with Crippen LogP contribution in [0.15, 0.2) is 48.8 Å². The molecule has 3 rings (SSSR count). The molecule has 0 N–H and O–H groups in total. The third-order valence-corrected chi connectivity index (χ3v) is 3.47. The molecule has 0 bridgehead atoms. The number of halogens is 1. The molecule has 0 atom stereocenters. The van der Waals surface area contributed by atoms with E-state index >= 15 is 0 Å². The molecular formula is C14H11IN2. The van der Waals surface area contributed by atoms with Gasteiger partial charge in [0.2, 0.25) is 0 Å². The predicted molar refractivity (Wildman–Crippen MR) is 78.1 cm³/mol. The Morgan fingerprint density at radius 2 is 1.88 bits per heavy atom. The second-order valence-corrected chi connectivity index (χ2v) is 5.30. The fourth-order valence-corrected chi connectivity index (χ4v) is 2.43. The highest BCUT2D eigenvalue weighted by Gasteiger charge is 2.06. The summed E-state index contributed by atoms with van der Waals surface area (Å²) in [6.07, 6.45) is 4.17. The normalized spacial score (nSPS) is 10.9. The molecule has 0 saturated carbocycles. The highest BCUT2D eigenvalue weighted by molar-refractivity contribution is 14.1. The predicted octanol–water partition coefficient (Wildman–Crippen LogP) is 3.91. The van der Waals surface area contributed by atoms with Crippen LogP contribution in [-0.2, 0) is 0 Å². The number of nitrogens with zero attached hydrogens (tertiary/aromatic N) is 2. The molecule has 0 saturated heterocycles. The zero-order valence-corrected chi connectivity index (χ0v) is 11.5. The second kappa shape index (κ2) is 4.14. The minimum absolute atomic E-state index is 0.990. The van der Waals surface area contributed by atoms with Crippen LogP contribution in [0.3, 0.4) is 0 Å². The molecule has 0 aliphatic rings. The van der Waals surface area contributed by atoms with Crippen LogP contribution in [0.5, 0.6) is 0 Å². The van der Waals surface area contributed by atoms with Crippen molar-refractivity contribution in [1.82, 2.24) is 9.38 Å². The van der Waals surface area contributed by atoms with Gasteiger partial charge in [0.1, 0.15) is 5.65 Å². The number of fused-ring (bicyclic) bond motifs is 1. The maximum atomic E-state index is 4.64. The van der Waals surface area contributed by atoms with Crippen LogP contribution in [0.25, 0.3) is 16.9 Å². The average Bonchev–Trinajstić information content (AvgIpc) is 2.72. The summed E-state index contributed by atoms with van der Waals surface area (Å²) >= 11 is 2.31. The summed E-state index contributed by atoms with van der Waals surface area (Å²) < 4.78 is 3.28. The Labute approximate surface area is 113 Å². The zero-order valence-electron chi connectivity index (χ0n) is 9.39. The fraction of sp³-hybridized carbons (Fsp3) is 0.0714. The molecule has 0 fully saturated rings. The molecule has 0 unspecified atom stereocenters. The molecule has 0 amide bonds. The van der Waals surface area contributed by atoms with Crippen molar-refractivity contribution in [3.63, 3.8) is 0 Å². The van der Waals surface area contributed by atoms with Crippen molar-refractivity contribution in [3.05, 3.63) is 57.9 Å². The molecule has 0 aliphatic carbocycles. The van der Waals surface area contributed by atoms with E-state index in [0.717, 1.165) is 11.3 Å². The Morgan fingerprint density at radius 3 is 2.71 bits per heavy atom. The molecule has 84 valence electrons. The number of aromatic nitrogens is 2. The van der Waals surface area contributed by atoms with E-state index in [4.69, 9.17) is 0 Å². The number of imidazole rings is 1. The van der Waals surface area contributed by atoms with Gasteiger partial charge in [-0.15, -0.1) is 0 Å². The minimum Gasteiger partial charge on any atom is -0.305 e. The first-order valence-corrected chi connectivity index (χ1v) is 6.52. The number of pyridine rings is 1. The van der Waals surface area contributed by atoms with Crippen molar-refractivity contribution < 1.29 is 0 Å². The standard InChI is InChI=1S/C14H11IN2/c1-10-4-2-3-5-12(10)13-9-17-8-11(15)6-7-14(17)16-13/h2-9H,1H3. The van der Waals surface area contributed by atoms with Crippen LogP contribution < -0.4 is 0 Å². The van der Waals surface area contributed by atoms with Crippen LogP contribution in [0.4, 0.5) is 0 Å². The van der Waals surface area contributed by atoms with Gasteiger partial charge in [0.25, 0.3) is 0 Å². The average molecular weight is 334 g/mol. The summed E-state index contributed by atoms with van der Waals surface area (Å²) in [6.45, 7) is 2.11. The molecule has 0 aliphatic heterocycles. The minimum atomic E-state index is 0.990. The molecule has 2 aromatic heterocycles. The lowest BCUT2D eigenvalue weighted by Gasteiger charge is -1.99. The van der Waals surface area contributed by atoms with Gasteiger partial charge < -0.3 is 4.40 Å². The van der Waals surface area contributed by atoms with E-state index in [9.17, 15) is 0 Å². The van der Waals surface area contributed by atoms with E-state index in [1.54, 1.807) is 0 Å². The summed E-state index contributed by atoms with van der Waals surface area (Å²) in [4.78, 5) is 4.64. The number of hydrogen-bond donors (Lipinski definition) is 0. The molecule has 3 heteroatoms. The van der Waals surface area contributed by atoms with Gasteiger partial charge in [-0.05, 0) is 47.2 Å². The summed E-state index contributed by atoms with van der Waals surface area (Å²) in [7, 11) is 0. The van der Waals surface area contributed by atoms with Crippen molar-refractivity contribution in [1.29, 1.82) is 0 Å². The summed E-state index contributed by atoms with van der Waals surface area (Å²) in [5.41, 5.74) is 4.48. The first-order valence-electron chi connectivity index (χ1n) is 5.44. The molecule has 0 spiro atoms. The topological polar surface area (TPSA) is 17.3 Å². The van der Waals surface area contributed by atoms with Gasteiger partial charge in [-0.1, -0.05) is 24.3 Å². The molecule has 1 aromatic carbocycles. The maximum Gasteiger partial charge on any atom is 0.137 e. The van der Waals surface area contributed by atoms with E-state index < -0.39 is 0 Å². The lowest BCUT2D eigenvalue weighted by Crippen LogP contribution is -1.82. The monoisotopic (exact) mass is 334 g/mol. The van der Waals surface area contributed by atoms with Gasteiger partial charge >= 0.3 is 0 Å². The first-order chi connectivity index (χ1) is 8.24. The smallest absolute Gasteiger partial charge is 0.137 e. The largest absolute Gasteiger partial charge is 0.305 e. The van der Waals surface area contributed by atoms with Gasteiger partial charge in [0.05, 0.1) is 5.69 Å². The molecule has 0 radical (unpaired) electrons. The molecule has 17 heavy (non-hydrogen) atoms. The lowest BCUT2D eigenvalue weighted by atomic mass is 10.1. The number of rotatable bonds is 1. The van der Waals surface area contributed by atoms with E-state index in [1.807, 2.05) is 6.07 Å². The van der Waals surface area contributed by atoms with Gasteiger partial charge in [0.15, 0.2) is 0 Å². The Kier molecular flexibility index (Phi) is 2.63. The van der Waals surface area contributed by atoms with Crippen LogP contribution in [0.1, 0.15) is 5.56 Å². The number of hydrogen-bond acceptors (Lipinski definition) is 1. The van der Waals surface area contributed by atoms with E-state index in [-0.39, 0.29) is 0 Å². The molecular weight excluding hydrogens is 323 g/mol. The third kappa shape index (κ3) is 1.95. The van der Waals surface area contributed by atoms with Crippen molar-refractivity contribution in [2.75, 3.05) is 0 Å². The highest BCUT2D eigenvalue weighted by Crippen LogP contribution is 2.22. The Hall–Kier alpha value is -1.36. The lowest BCUT2D eigenvalue weighted by molar-refractivity contribution is 1.17. The van der Waals surface area contributed by atoms with Gasteiger partial charge in [-0.25, -0.2) is 4.98 Å². The maximum absolute atomic E-state index is 4.64. The highest BCUT2D eigenvalue weighted by atomic mass is 127. The molecule has 2 heterocycles. The second-order valence-electron chi connectivity index (χ2n) is 4.05. The zero-order chi connectivity index (χ0) is 11.8. The Morgan fingerprint density at radius 1 is 1.06 bits per heavy atom. The fourth-order valence-electron chi connectivity index (χ4n) is 1.95. The summed E-state index contributed by atoms with van der Waals surface area (Å²) in [6, 6.07) is 12.5. The van der Waals surface area contributed by atoms with E-state index in [2.05, 4.69) is 81.6 Å². The van der Waals surface area contributed by atoms with E-state index in [1.165, 1.54) is 14.7 Å². The van der Waals surface area contributed by atoms with Crippen LogP contribution in [-0.4, -0.2) is 9.38 Å². The number of aryl methyl sites for hydroxylation is 1.